The Morgan fingerprint density at radius 3 is 2.60 bits per heavy atom. The van der Waals surface area contributed by atoms with Crippen molar-refractivity contribution in [1.82, 2.24) is 14.8 Å². The molecule has 2 atom stereocenters. The summed E-state index contributed by atoms with van der Waals surface area (Å²) in [4.78, 5) is 22.3. The average molecular weight is 430 g/mol. The van der Waals surface area contributed by atoms with Crippen molar-refractivity contribution in [2.75, 3.05) is 26.7 Å². The van der Waals surface area contributed by atoms with Gasteiger partial charge in [-0.15, -0.1) is 11.3 Å². The minimum atomic E-state index is -0.482. The van der Waals surface area contributed by atoms with E-state index >= 15 is 0 Å². The second-order valence-electron chi connectivity index (χ2n) is 10.2. The van der Waals surface area contributed by atoms with Crippen molar-refractivity contribution in [3.05, 3.63) is 28.8 Å². The number of piperidine rings is 2. The number of carbonyl (C=O) groups excluding carboxylic acids is 1. The Hall–Kier alpha value is -1.66. The molecule has 4 rings (SSSR count). The summed E-state index contributed by atoms with van der Waals surface area (Å²) in [7, 11) is 2.20. The summed E-state index contributed by atoms with van der Waals surface area (Å²) in [5, 5.41) is 1.27. The summed E-state index contributed by atoms with van der Waals surface area (Å²) in [5.74, 6) is 1.07. The number of ether oxygens (including phenoxy) is 1. The summed E-state index contributed by atoms with van der Waals surface area (Å²) >= 11 is 1.84. The lowest BCUT2D eigenvalue weighted by Crippen LogP contribution is -2.44. The quantitative estimate of drug-likeness (QED) is 0.604. The number of benzene rings is 1. The van der Waals surface area contributed by atoms with Crippen molar-refractivity contribution in [2.24, 2.45) is 5.92 Å². The number of carbonyl (C=O) groups is 1. The van der Waals surface area contributed by atoms with Crippen LogP contribution in [0.5, 0.6) is 0 Å². The fraction of sp³-hybridized carbons (Fsp3) is 0.667. The smallest absolute Gasteiger partial charge is 0.410 e. The Morgan fingerprint density at radius 1 is 1.17 bits per heavy atom. The Morgan fingerprint density at radius 2 is 1.90 bits per heavy atom. The third-order valence-electron chi connectivity index (χ3n) is 6.33. The van der Waals surface area contributed by atoms with E-state index in [2.05, 4.69) is 37.1 Å². The Balaban J connectivity index is 1.58. The maximum atomic E-state index is 12.9. The van der Waals surface area contributed by atoms with Crippen molar-refractivity contribution >= 4 is 27.6 Å². The molecule has 0 saturated carbocycles. The first kappa shape index (κ1) is 21.6. The molecule has 2 aromatic rings. The van der Waals surface area contributed by atoms with E-state index < -0.39 is 5.60 Å². The highest BCUT2D eigenvalue weighted by molar-refractivity contribution is 7.18. The topological polar surface area (TPSA) is 45.7 Å². The molecule has 5 nitrogen and oxygen atoms in total. The van der Waals surface area contributed by atoms with Gasteiger partial charge in [0.1, 0.15) is 5.60 Å². The number of amides is 1. The molecule has 0 N–H and O–H groups in total. The van der Waals surface area contributed by atoms with Crippen molar-refractivity contribution in [2.45, 2.75) is 70.9 Å². The van der Waals surface area contributed by atoms with Gasteiger partial charge < -0.3 is 14.5 Å². The van der Waals surface area contributed by atoms with Crippen molar-refractivity contribution in [3.8, 4) is 0 Å². The monoisotopic (exact) mass is 429 g/mol. The van der Waals surface area contributed by atoms with Crippen LogP contribution in [0.4, 0.5) is 4.79 Å². The number of aromatic nitrogens is 1. The van der Waals surface area contributed by atoms with Gasteiger partial charge in [0.2, 0.25) is 0 Å². The van der Waals surface area contributed by atoms with Gasteiger partial charge in [-0.05, 0) is 90.2 Å². The molecule has 2 aliphatic heterocycles. The molecule has 2 fully saturated rings. The van der Waals surface area contributed by atoms with E-state index in [9.17, 15) is 4.79 Å². The van der Waals surface area contributed by atoms with E-state index in [-0.39, 0.29) is 12.1 Å². The molecular formula is C24H35N3O2S. The van der Waals surface area contributed by atoms with Gasteiger partial charge in [0.25, 0.3) is 0 Å². The van der Waals surface area contributed by atoms with Crippen LogP contribution in [0.25, 0.3) is 10.2 Å². The van der Waals surface area contributed by atoms with Crippen molar-refractivity contribution in [1.29, 1.82) is 0 Å². The maximum Gasteiger partial charge on any atom is 0.410 e. The third-order valence-corrected chi connectivity index (χ3v) is 7.53. The van der Waals surface area contributed by atoms with Crippen LogP contribution in [0, 0.1) is 5.92 Å². The molecule has 0 radical (unpaired) electrons. The van der Waals surface area contributed by atoms with Crippen LogP contribution in [-0.4, -0.2) is 53.2 Å². The maximum absolute atomic E-state index is 12.9. The van der Waals surface area contributed by atoms with Crippen LogP contribution in [0.2, 0.25) is 0 Å². The standard InChI is InChI=1S/C24H35N3O2S/c1-16-6-8-20(27(15-16)23(28)29-24(2,3)4)18-7-9-21-19(14-18)25-22(30-21)17-10-12-26(5)13-11-17/h7,9,14,16-17,20H,6,8,10-13,15H2,1-5H3/t16-,20?/m0/s1. The molecule has 164 valence electrons. The molecule has 3 heterocycles. The van der Waals surface area contributed by atoms with E-state index in [1.165, 1.54) is 28.1 Å². The van der Waals surface area contributed by atoms with Gasteiger partial charge in [-0.3, -0.25) is 0 Å². The van der Waals surface area contributed by atoms with Gasteiger partial charge >= 0.3 is 6.09 Å². The SMILES string of the molecule is C[C@H]1CCC(c2ccc3sc(C4CCN(C)CC4)nc3c2)N(C(=O)OC(C)(C)C)C1. The summed E-state index contributed by atoms with van der Waals surface area (Å²) < 4.78 is 6.98. The predicted octanol–water partition coefficient (Wildman–Crippen LogP) is 5.81. The van der Waals surface area contributed by atoms with Gasteiger partial charge in [0, 0.05) is 12.5 Å². The van der Waals surface area contributed by atoms with Crippen LogP contribution in [-0.2, 0) is 4.74 Å². The number of nitrogens with zero attached hydrogens (tertiary/aromatic N) is 3. The minimum Gasteiger partial charge on any atom is -0.444 e. The number of hydrogen-bond acceptors (Lipinski definition) is 5. The van der Waals surface area contributed by atoms with E-state index in [1.54, 1.807) is 0 Å². The van der Waals surface area contributed by atoms with Gasteiger partial charge in [0.15, 0.2) is 0 Å². The first-order chi connectivity index (χ1) is 14.2. The molecule has 30 heavy (non-hydrogen) atoms. The van der Waals surface area contributed by atoms with Crippen LogP contribution < -0.4 is 0 Å². The second kappa shape index (κ2) is 8.46. The van der Waals surface area contributed by atoms with E-state index in [1.807, 2.05) is 37.0 Å². The summed E-state index contributed by atoms with van der Waals surface area (Å²) in [5.41, 5.74) is 1.78. The van der Waals surface area contributed by atoms with Crippen LogP contribution in [0.3, 0.4) is 0 Å². The van der Waals surface area contributed by atoms with Crippen LogP contribution >= 0.6 is 11.3 Å². The van der Waals surface area contributed by atoms with Gasteiger partial charge in [-0.2, -0.15) is 0 Å². The lowest BCUT2D eigenvalue weighted by molar-refractivity contribution is 0.00365. The van der Waals surface area contributed by atoms with Gasteiger partial charge in [-0.25, -0.2) is 9.78 Å². The second-order valence-corrected chi connectivity index (χ2v) is 11.3. The summed E-state index contributed by atoms with van der Waals surface area (Å²) in [6, 6.07) is 6.67. The highest BCUT2D eigenvalue weighted by Crippen LogP contribution is 2.38. The number of rotatable bonds is 2. The largest absolute Gasteiger partial charge is 0.444 e. The number of hydrogen-bond donors (Lipinski definition) is 0. The third kappa shape index (κ3) is 4.80. The number of thiazole rings is 1. The lowest BCUT2D eigenvalue weighted by atomic mass is 9.90. The first-order valence-corrected chi connectivity index (χ1v) is 12.1. The first-order valence-electron chi connectivity index (χ1n) is 11.3. The molecule has 2 aliphatic rings. The Bertz CT molecular complexity index is 895. The molecule has 1 amide bonds. The minimum absolute atomic E-state index is 0.0638. The highest BCUT2D eigenvalue weighted by Gasteiger charge is 2.34. The Labute approximate surface area is 184 Å². The number of fused-ring (bicyclic) bond motifs is 1. The zero-order valence-electron chi connectivity index (χ0n) is 19.0. The van der Waals surface area contributed by atoms with E-state index in [0.29, 0.717) is 11.8 Å². The lowest BCUT2D eigenvalue weighted by Gasteiger charge is -2.39. The molecule has 1 aromatic carbocycles. The zero-order valence-corrected chi connectivity index (χ0v) is 19.8. The predicted molar refractivity (Wildman–Crippen MR) is 123 cm³/mol. The van der Waals surface area contributed by atoms with Crippen molar-refractivity contribution < 1.29 is 9.53 Å². The fourth-order valence-corrected chi connectivity index (χ4v) is 5.74. The normalized spacial score (nSPS) is 24.4. The number of likely N-dealkylation sites (tertiary alicyclic amines) is 2. The molecule has 1 unspecified atom stereocenters. The molecule has 1 aromatic heterocycles. The summed E-state index contributed by atoms with van der Waals surface area (Å²) in [6.07, 6.45) is 4.27. The molecule has 0 aliphatic carbocycles. The van der Waals surface area contributed by atoms with E-state index in [0.717, 1.165) is 38.0 Å². The van der Waals surface area contributed by atoms with Crippen LogP contribution in [0.1, 0.15) is 75.9 Å². The molecular weight excluding hydrogens is 394 g/mol. The molecule has 6 heteroatoms. The molecule has 0 bridgehead atoms. The summed E-state index contributed by atoms with van der Waals surface area (Å²) in [6.45, 7) is 11.0. The Kier molecular flexibility index (Phi) is 6.08. The molecule has 0 spiro atoms. The highest BCUT2D eigenvalue weighted by atomic mass is 32.1. The van der Waals surface area contributed by atoms with Gasteiger partial charge in [-0.1, -0.05) is 13.0 Å². The van der Waals surface area contributed by atoms with E-state index in [4.69, 9.17) is 9.72 Å². The zero-order chi connectivity index (χ0) is 21.5. The average Bonchev–Trinajstić information content (AvgIpc) is 3.10. The van der Waals surface area contributed by atoms with Crippen LogP contribution in [0.15, 0.2) is 18.2 Å². The van der Waals surface area contributed by atoms with Gasteiger partial charge in [0.05, 0.1) is 21.3 Å². The van der Waals surface area contributed by atoms with Crippen molar-refractivity contribution in [3.63, 3.8) is 0 Å². The fourth-order valence-electron chi connectivity index (χ4n) is 4.62. The molecule has 2 saturated heterocycles.